The third kappa shape index (κ3) is 4.28. The highest BCUT2D eigenvalue weighted by Crippen LogP contribution is 2.36. The molecular weight excluding hydrogens is 411 g/mol. The number of nitrogens with two attached hydrogens (primary N) is 1. The van der Waals surface area contributed by atoms with E-state index in [1.165, 1.54) is 11.3 Å². The zero-order valence-electron chi connectivity index (χ0n) is 15.9. The number of nitrogens with zero attached hydrogens (tertiary/aromatic N) is 3. The second-order valence-electron chi connectivity index (χ2n) is 7.13. The van der Waals surface area contributed by atoms with Crippen LogP contribution in [0.3, 0.4) is 0 Å². The van der Waals surface area contributed by atoms with Crippen LogP contribution >= 0.6 is 22.9 Å². The number of amides is 1. The van der Waals surface area contributed by atoms with Gasteiger partial charge in [-0.05, 0) is 23.8 Å². The molecule has 1 aliphatic rings. The lowest BCUT2D eigenvalue weighted by atomic mass is 10.00. The monoisotopic (exact) mass is 432 g/mol. The normalized spacial score (nSPS) is 15.2. The summed E-state index contributed by atoms with van der Waals surface area (Å²) in [6, 6.07) is 9.11. The molecule has 2 heterocycles. The van der Waals surface area contributed by atoms with Crippen LogP contribution in [0.25, 0.3) is 21.3 Å². The number of piperazine rings is 1. The summed E-state index contributed by atoms with van der Waals surface area (Å²) in [6.45, 7) is 3.57. The third-order valence-electron chi connectivity index (χ3n) is 5.23. The van der Waals surface area contributed by atoms with E-state index in [1.807, 2.05) is 23.1 Å². The summed E-state index contributed by atoms with van der Waals surface area (Å²) in [6.07, 6.45) is 0.375. The Morgan fingerprint density at radius 3 is 2.76 bits per heavy atom. The molecule has 0 radical (unpaired) electrons. The van der Waals surface area contributed by atoms with E-state index in [0.717, 1.165) is 10.3 Å². The van der Waals surface area contributed by atoms with Crippen molar-refractivity contribution in [3.63, 3.8) is 0 Å². The number of carbonyl (C=O) groups excluding carboxylic acids is 1. The van der Waals surface area contributed by atoms with E-state index < -0.39 is 0 Å². The van der Waals surface area contributed by atoms with E-state index in [0.29, 0.717) is 67.4 Å². The van der Waals surface area contributed by atoms with Gasteiger partial charge in [-0.2, -0.15) is 0 Å². The Bertz CT molecular complexity index is 1030. The van der Waals surface area contributed by atoms with Crippen molar-refractivity contribution in [3.8, 4) is 11.1 Å². The molecule has 152 valence electrons. The van der Waals surface area contributed by atoms with Crippen LogP contribution in [-0.2, 0) is 11.3 Å². The molecule has 8 heteroatoms. The van der Waals surface area contributed by atoms with Crippen LogP contribution in [0.15, 0.2) is 35.8 Å². The van der Waals surface area contributed by atoms with Gasteiger partial charge in [0.25, 0.3) is 0 Å². The van der Waals surface area contributed by atoms with E-state index in [9.17, 15) is 4.79 Å². The van der Waals surface area contributed by atoms with E-state index in [1.54, 1.807) is 17.6 Å². The first kappa shape index (κ1) is 20.2. The average molecular weight is 433 g/mol. The maximum absolute atomic E-state index is 15.6. The van der Waals surface area contributed by atoms with Crippen molar-refractivity contribution in [3.05, 3.63) is 52.2 Å². The van der Waals surface area contributed by atoms with Crippen LogP contribution in [0.1, 0.15) is 12.0 Å². The molecule has 0 bridgehead atoms. The molecule has 1 aromatic heterocycles. The van der Waals surface area contributed by atoms with E-state index in [2.05, 4.69) is 9.88 Å². The van der Waals surface area contributed by atoms with Crippen LogP contribution in [0.5, 0.6) is 0 Å². The second-order valence-corrected chi connectivity index (χ2v) is 8.45. The van der Waals surface area contributed by atoms with Crippen molar-refractivity contribution in [1.29, 1.82) is 0 Å². The fourth-order valence-electron chi connectivity index (χ4n) is 3.73. The van der Waals surface area contributed by atoms with Gasteiger partial charge in [-0.3, -0.25) is 9.69 Å². The van der Waals surface area contributed by atoms with Gasteiger partial charge in [-0.1, -0.05) is 23.7 Å². The molecule has 0 spiro atoms. The number of hydrogen-bond acceptors (Lipinski definition) is 5. The van der Waals surface area contributed by atoms with Crippen molar-refractivity contribution in [2.45, 2.75) is 13.0 Å². The second kappa shape index (κ2) is 8.75. The van der Waals surface area contributed by atoms with Crippen LogP contribution in [0.4, 0.5) is 4.39 Å². The fourth-order valence-corrected chi connectivity index (χ4v) is 4.67. The molecule has 5 nitrogen and oxygen atoms in total. The molecule has 1 aliphatic heterocycles. The standard InChI is InChI=1S/C21H22ClFN4OS/c22-16-3-1-2-14(10-16)19-20(23)15(11-17-21(19)25-13-29-17)12-26-6-8-27(9-7-26)18(28)4-5-24/h1-3,10-11,13H,4-9,12,24H2. The summed E-state index contributed by atoms with van der Waals surface area (Å²) in [5.74, 6) is -0.167. The van der Waals surface area contributed by atoms with Gasteiger partial charge in [0.1, 0.15) is 5.82 Å². The molecule has 29 heavy (non-hydrogen) atoms. The number of halogens is 2. The minimum absolute atomic E-state index is 0.0904. The molecule has 1 amide bonds. The van der Waals surface area contributed by atoms with Gasteiger partial charge in [0.05, 0.1) is 15.7 Å². The minimum atomic E-state index is -0.257. The van der Waals surface area contributed by atoms with Gasteiger partial charge in [0, 0.05) is 61.8 Å². The van der Waals surface area contributed by atoms with Crippen molar-refractivity contribution >= 4 is 39.1 Å². The Morgan fingerprint density at radius 2 is 2.03 bits per heavy atom. The summed E-state index contributed by atoms with van der Waals surface area (Å²) in [5.41, 5.74) is 9.74. The molecule has 0 unspecified atom stereocenters. The highest BCUT2D eigenvalue weighted by Gasteiger charge is 2.23. The molecule has 1 fully saturated rings. The molecule has 0 atom stereocenters. The lowest BCUT2D eigenvalue weighted by Crippen LogP contribution is -2.48. The van der Waals surface area contributed by atoms with Gasteiger partial charge < -0.3 is 10.6 Å². The highest BCUT2D eigenvalue weighted by molar-refractivity contribution is 7.16. The van der Waals surface area contributed by atoms with E-state index >= 15 is 4.39 Å². The zero-order valence-corrected chi connectivity index (χ0v) is 17.5. The summed E-state index contributed by atoms with van der Waals surface area (Å²) in [5, 5.41) is 0.564. The average Bonchev–Trinajstić information content (AvgIpc) is 3.17. The number of carbonyl (C=O) groups is 1. The first-order chi connectivity index (χ1) is 14.1. The molecule has 4 rings (SSSR count). The minimum Gasteiger partial charge on any atom is -0.340 e. The van der Waals surface area contributed by atoms with Gasteiger partial charge in [0.15, 0.2) is 0 Å². The Kier molecular flexibility index (Phi) is 6.10. The predicted molar refractivity (Wildman–Crippen MR) is 116 cm³/mol. The number of benzene rings is 2. The lowest BCUT2D eigenvalue weighted by Gasteiger charge is -2.35. The fraction of sp³-hybridized carbons (Fsp3) is 0.333. The van der Waals surface area contributed by atoms with Gasteiger partial charge in [-0.15, -0.1) is 11.3 Å². The number of thiazole rings is 1. The van der Waals surface area contributed by atoms with Crippen LogP contribution in [-0.4, -0.2) is 53.4 Å². The highest BCUT2D eigenvalue weighted by atomic mass is 35.5. The van der Waals surface area contributed by atoms with Crippen molar-refractivity contribution in [2.75, 3.05) is 32.7 Å². The first-order valence-corrected chi connectivity index (χ1v) is 10.8. The maximum Gasteiger partial charge on any atom is 0.223 e. The smallest absolute Gasteiger partial charge is 0.223 e. The van der Waals surface area contributed by atoms with Gasteiger partial charge in [-0.25, -0.2) is 9.37 Å². The molecule has 0 aliphatic carbocycles. The van der Waals surface area contributed by atoms with E-state index in [-0.39, 0.29) is 11.7 Å². The molecule has 1 saturated heterocycles. The van der Waals surface area contributed by atoms with Crippen LogP contribution in [0, 0.1) is 5.82 Å². The summed E-state index contributed by atoms with van der Waals surface area (Å²) >= 11 is 7.64. The number of rotatable bonds is 5. The SMILES string of the molecule is NCCC(=O)N1CCN(Cc2cc3scnc3c(-c3cccc(Cl)c3)c2F)CC1. The quantitative estimate of drug-likeness (QED) is 0.667. The number of aromatic nitrogens is 1. The summed E-state index contributed by atoms with van der Waals surface area (Å²) in [7, 11) is 0. The molecule has 3 aromatic rings. The number of fused-ring (bicyclic) bond motifs is 1. The Morgan fingerprint density at radius 1 is 1.24 bits per heavy atom. The molecule has 2 N–H and O–H groups in total. The van der Waals surface area contributed by atoms with E-state index in [4.69, 9.17) is 17.3 Å². The Labute approximate surface area is 177 Å². The van der Waals surface area contributed by atoms with Gasteiger partial charge in [0.2, 0.25) is 5.91 Å². The Balaban J connectivity index is 1.59. The zero-order chi connectivity index (χ0) is 20.4. The topological polar surface area (TPSA) is 62.5 Å². The largest absolute Gasteiger partial charge is 0.340 e. The third-order valence-corrected chi connectivity index (χ3v) is 6.24. The molecule has 2 aromatic carbocycles. The van der Waals surface area contributed by atoms with Crippen molar-refractivity contribution < 1.29 is 9.18 Å². The Hall–Kier alpha value is -2.06. The molecular formula is C21H22ClFN4OS. The summed E-state index contributed by atoms with van der Waals surface area (Å²) in [4.78, 5) is 20.4. The van der Waals surface area contributed by atoms with Gasteiger partial charge >= 0.3 is 0 Å². The van der Waals surface area contributed by atoms with Crippen LogP contribution < -0.4 is 5.73 Å². The van der Waals surface area contributed by atoms with Crippen molar-refractivity contribution in [1.82, 2.24) is 14.8 Å². The predicted octanol–water partition coefficient (Wildman–Crippen LogP) is 3.75. The number of hydrogen-bond donors (Lipinski definition) is 1. The molecule has 0 saturated carbocycles. The lowest BCUT2D eigenvalue weighted by molar-refractivity contribution is -0.132. The maximum atomic E-state index is 15.6. The van der Waals surface area contributed by atoms with Crippen LogP contribution in [0.2, 0.25) is 5.02 Å². The first-order valence-electron chi connectivity index (χ1n) is 9.57. The van der Waals surface area contributed by atoms with Crippen molar-refractivity contribution in [2.24, 2.45) is 5.73 Å². The summed E-state index contributed by atoms with van der Waals surface area (Å²) < 4.78 is 16.5.